The second-order valence-corrected chi connectivity index (χ2v) is 5.44. The van der Waals surface area contributed by atoms with E-state index in [2.05, 4.69) is 9.71 Å². The number of benzene rings is 1. The summed E-state index contributed by atoms with van der Waals surface area (Å²) < 4.78 is 31.5. The largest absolute Gasteiger partial charge is 0.497 e. The van der Waals surface area contributed by atoms with E-state index in [-0.39, 0.29) is 4.90 Å². The summed E-state index contributed by atoms with van der Waals surface area (Å²) in [6.07, 6.45) is 1.36. The van der Waals surface area contributed by atoms with Crippen LogP contribution in [-0.4, -0.2) is 20.5 Å². The molecule has 2 rings (SSSR count). The summed E-state index contributed by atoms with van der Waals surface area (Å²) in [7, 11) is -2.12. The number of nitrogens with zero attached hydrogens (tertiary/aromatic N) is 1. The summed E-state index contributed by atoms with van der Waals surface area (Å²) in [4.78, 5) is 3.96. The Morgan fingerprint density at radius 1 is 1.16 bits per heavy atom. The molecule has 0 aliphatic rings. The van der Waals surface area contributed by atoms with Crippen LogP contribution in [0.25, 0.3) is 0 Å². The molecule has 7 heteroatoms. The lowest BCUT2D eigenvalue weighted by atomic mass is 10.3. The van der Waals surface area contributed by atoms with Crippen LogP contribution < -0.4 is 15.2 Å². The molecule has 1 heterocycles. The van der Waals surface area contributed by atoms with Gasteiger partial charge in [-0.2, -0.15) is 0 Å². The molecule has 0 fully saturated rings. The molecule has 2 aromatic rings. The smallest absolute Gasteiger partial charge is 0.261 e. The van der Waals surface area contributed by atoms with Crippen molar-refractivity contribution in [2.75, 3.05) is 17.6 Å². The fourth-order valence-electron chi connectivity index (χ4n) is 1.43. The van der Waals surface area contributed by atoms with Crippen LogP contribution in [-0.2, 0) is 10.0 Å². The Hall–Kier alpha value is -2.28. The van der Waals surface area contributed by atoms with Crippen LogP contribution >= 0.6 is 0 Å². The molecule has 0 spiro atoms. The van der Waals surface area contributed by atoms with Crippen molar-refractivity contribution in [2.45, 2.75) is 4.90 Å². The van der Waals surface area contributed by atoms with Crippen LogP contribution in [0.1, 0.15) is 0 Å². The molecule has 6 nitrogen and oxygen atoms in total. The quantitative estimate of drug-likeness (QED) is 0.883. The molecule has 0 amide bonds. The number of sulfonamides is 1. The lowest BCUT2D eigenvalue weighted by Crippen LogP contribution is -2.13. The minimum absolute atomic E-state index is 0.144. The van der Waals surface area contributed by atoms with Crippen LogP contribution in [0, 0.1) is 0 Å². The lowest BCUT2D eigenvalue weighted by Gasteiger charge is -2.08. The lowest BCUT2D eigenvalue weighted by molar-refractivity contribution is 0.414. The molecule has 1 aromatic heterocycles. The Morgan fingerprint density at radius 3 is 2.37 bits per heavy atom. The van der Waals surface area contributed by atoms with Gasteiger partial charge in [0.25, 0.3) is 10.0 Å². The molecular weight excluding hydrogens is 266 g/mol. The van der Waals surface area contributed by atoms with Gasteiger partial charge in [-0.1, -0.05) is 0 Å². The highest BCUT2D eigenvalue weighted by molar-refractivity contribution is 7.92. The van der Waals surface area contributed by atoms with Crippen LogP contribution in [0.2, 0.25) is 0 Å². The highest BCUT2D eigenvalue weighted by Gasteiger charge is 2.14. The number of ether oxygens (including phenoxy) is 1. The van der Waals surface area contributed by atoms with Crippen molar-refractivity contribution in [3.63, 3.8) is 0 Å². The van der Waals surface area contributed by atoms with Gasteiger partial charge in [0.15, 0.2) is 0 Å². The molecule has 100 valence electrons. The van der Waals surface area contributed by atoms with Gasteiger partial charge in [0.1, 0.15) is 11.6 Å². The number of nitrogen functional groups attached to an aromatic ring is 1. The predicted molar refractivity (Wildman–Crippen MR) is 72.5 cm³/mol. The molecule has 0 bridgehead atoms. The van der Waals surface area contributed by atoms with Gasteiger partial charge in [-0.3, -0.25) is 4.72 Å². The van der Waals surface area contributed by atoms with Gasteiger partial charge in [0.05, 0.1) is 23.9 Å². The van der Waals surface area contributed by atoms with Crippen LogP contribution in [0.15, 0.2) is 47.5 Å². The Labute approximate surface area is 111 Å². The van der Waals surface area contributed by atoms with Gasteiger partial charge >= 0.3 is 0 Å². The van der Waals surface area contributed by atoms with E-state index in [1.165, 1.54) is 31.5 Å². The summed E-state index contributed by atoms with van der Waals surface area (Å²) in [5.74, 6) is 0.917. The van der Waals surface area contributed by atoms with Gasteiger partial charge in [-0.25, -0.2) is 13.4 Å². The Balaban J connectivity index is 2.24. The van der Waals surface area contributed by atoms with Crippen molar-refractivity contribution in [3.05, 3.63) is 42.6 Å². The summed E-state index contributed by atoms with van der Waals surface area (Å²) in [6.45, 7) is 0. The minimum Gasteiger partial charge on any atom is -0.497 e. The Kier molecular flexibility index (Phi) is 3.57. The summed E-state index contributed by atoms with van der Waals surface area (Å²) in [5.41, 5.74) is 5.78. The topological polar surface area (TPSA) is 94.3 Å². The molecular formula is C12H13N3O3S. The molecule has 0 atom stereocenters. The SMILES string of the molecule is COc1ccc(S(=O)(=O)Nc2ccc(N)nc2)cc1. The molecule has 0 aliphatic carbocycles. The third-order valence-corrected chi connectivity index (χ3v) is 3.81. The number of aromatic nitrogens is 1. The highest BCUT2D eigenvalue weighted by atomic mass is 32.2. The van der Waals surface area contributed by atoms with Gasteiger partial charge in [0, 0.05) is 0 Å². The Morgan fingerprint density at radius 2 is 1.84 bits per heavy atom. The second kappa shape index (κ2) is 5.15. The van der Waals surface area contributed by atoms with Crippen LogP contribution in [0.4, 0.5) is 11.5 Å². The standard InChI is InChI=1S/C12H13N3O3S/c1-18-10-3-5-11(6-4-10)19(16,17)15-9-2-7-12(13)14-8-9/h2-8,15H,1H3,(H2,13,14). The highest BCUT2D eigenvalue weighted by Crippen LogP contribution is 2.18. The molecule has 0 saturated carbocycles. The van der Waals surface area contributed by atoms with Crippen molar-refractivity contribution < 1.29 is 13.2 Å². The van der Waals surface area contributed by atoms with Crippen molar-refractivity contribution in [1.29, 1.82) is 0 Å². The molecule has 0 radical (unpaired) electrons. The summed E-state index contributed by atoms with van der Waals surface area (Å²) >= 11 is 0. The fourth-order valence-corrected chi connectivity index (χ4v) is 2.48. The fraction of sp³-hybridized carbons (Fsp3) is 0.0833. The first kappa shape index (κ1) is 13.2. The van der Waals surface area contributed by atoms with E-state index in [9.17, 15) is 8.42 Å². The van der Waals surface area contributed by atoms with E-state index in [4.69, 9.17) is 10.5 Å². The van der Waals surface area contributed by atoms with Crippen molar-refractivity contribution in [2.24, 2.45) is 0 Å². The van der Waals surface area contributed by atoms with E-state index < -0.39 is 10.0 Å². The van der Waals surface area contributed by atoms with Gasteiger partial charge < -0.3 is 10.5 Å². The number of anilines is 2. The number of rotatable bonds is 4. The Bertz CT molecular complexity index is 652. The summed E-state index contributed by atoms with van der Waals surface area (Å²) in [5, 5.41) is 0. The predicted octanol–water partition coefficient (Wildman–Crippen LogP) is 1.47. The van der Waals surface area contributed by atoms with E-state index in [0.717, 1.165) is 0 Å². The third-order valence-electron chi connectivity index (χ3n) is 2.41. The number of hydrogen-bond acceptors (Lipinski definition) is 5. The number of hydrogen-bond donors (Lipinski definition) is 2. The van der Waals surface area contributed by atoms with Crippen molar-refractivity contribution >= 4 is 21.5 Å². The second-order valence-electron chi connectivity index (χ2n) is 3.75. The molecule has 0 aliphatic heterocycles. The maximum Gasteiger partial charge on any atom is 0.261 e. The van der Waals surface area contributed by atoms with Crippen LogP contribution in [0.5, 0.6) is 5.75 Å². The zero-order valence-electron chi connectivity index (χ0n) is 10.2. The first-order valence-corrected chi connectivity index (χ1v) is 6.88. The van der Waals surface area contributed by atoms with E-state index in [1.54, 1.807) is 18.2 Å². The molecule has 0 unspecified atom stereocenters. The number of methoxy groups -OCH3 is 1. The third kappa shape index (κ3) is 3.14. The van der Waals surface area contributed by atoms with Crippen LogP contribution in [0.3, 0.4) is 0 Å². The first-order valence-electron chi connectivity index (χ1n) is 5.40. The number of pyridine rings is 1. The minimum atomic E-state index is -3.64. The first-order chi connectivity index (χ1) is 9.01. The van der Waals surface area contributed by atoms with Gasteiger partial charge in [-0.15, -0.1) is 0 Å². The maximum absolute atomic E-state index is 12.1. The zero-order valence-corrected chi connectivity index (χ0v) is 11.0. The average Bonchev–Trinajstić information content (AvgIpc) is 2.41. The van der Waals surface area contributed by atoms with Gasteiger partial charge in [-0.05, 0) is 36.4 Å². The van der Waals surface area contributed by atoms with Crippen molar-refractivity contribution in [1.82, 2.24) is 4.98 Å². The van der Waals surface area contributed by atoms with Gasteiger partial charge in [0.2, 0.25) is 0 Å². The summed E-state index contributed by atoms with van der Waals surface area (Å²) in [6, 6.07) is 9.15. The zero-order chi connectivity index (χ0) is 13.9. The molecule has 3 N–H and O–H groups in total. The van der Waals surface area contributed by atoms with E-state index in [0.29, 0.717) is 17.3 Å². The maximum atomic E-state index is 12.1. The normalized spacial score (nSPS) is 11.0. The monoisotopic (exact) mass is 279 g/mol. The number of nitrogens with two attached hydrogens (primary N) is 1. The van der Waals surface area contributed by atoms with Crippen molar-refractivity contribution in [3.8, 4) is 5.75 Å². The molecule has 0 saturated heterocycles. The average molecular weight is 279 g/mol. The molecule has 1 aromatic carbocycles. The molecule has 19 heavy (non-hydrogen) atoms. The van der Waals surface area contributed by atoms with E-state index >= 15 is 0 Å². The van der Waals surface area contributed by atoms with E-state index in [1.807, 2.05) is 0 Å². The number of nitrogens with one attached hydrogen (secondary N) is 1.